The number of hydrogen-bond donors (Lipinski definition) is 1. The molecule has 0 radical (unpaired) electrons. The molecule has 1 N–H and O–H groups in total. The molecule has 0 atom stereocenters. The molecule has 14 heavy (non-hydrogen) atoms. The number of hydrogen-bond acceptors (Lipinski definition) is 5. The zero-order valence-electron chi connectivity index (χ0n) is 7.26. The van der Waals surface area contributed by atoms with E-state index < -0.39 is 22.1 Å². The van der Waals surface area contributed by atoms with Crippen molar-refractivity contribution in [3.63, 3.8) is 0 Å². The van der Waals surface area contributed by atoms with Crippen molar-refractivity contribution in [1.82, 2.24) is 0 Å². The Morgan fingerprint density at radius 1 is 1.50 bits per heavy atom. The van der Waals surface area contributed by atoms with Crippen molar-refractivity contribution in [2.45, 2.75) is 6.92 Å². The molecule has 1 aliphatic heterocycles. The van der Waals surface area contributed by atoms with Crippen LogP contribution in [0.4, 0.5) is 0 Å². The van der Waals surface area contributed by atoms with Crippen LogP contribution in [-0.2, 0) is 24.4 Å². The SMILES string of the molecule is C=CS(=O)(=O)O.CC1=CC(=O)OC1=O. The van der Waals surface area contributed by atoms with E-state index >= 15 is 0 Å². The monoisotopic (exact) mass is 220 g/mol. The van der Waals surface area contributed by atoms with Gasteiger partial charge in [0.25, 0.3) is 10.1 Å². The first-order chi connectivity index (χ1) is 6.26. The second-order valence-electron chi connectivity index (χ2n) is 2.22. The average Bonchev–Trinajstić information content (AvgIpc) is 2.29. The number of carbonyl (C=O) groups is 2. The molecule has 0 spiro atoms. The van der Waals surface area contributed by atoms with Gasteiger partial charge in [0.2, 0.25) is 0 Å². The van der Waals surface area contributed by atoms with Gasteiger partial charge in [-0.1, -0.05) is 6.58 Å². The first-order valence-corrected chi connectivity index (χ1v) is 4.81. The van der Waals surface area contributed by atoms with E-state index in [0.717, 1.165) is 0 Å². The zero-order chi connectivity index (χ0) is 11.4. The highest BCUT2D eigenvalue weighted by Crippen LogP contribution is 2.04. The summed E-state index contributed by atoms with van der Waals surface area (Å²) < 4.78 is 30.7. The van der Waals surface area contributed by atoms with Gasteiger partial charge in [-0.2, -0.15) is 8.42 Å². The highest BCUT2D eigenvalue weighted by molar-refractivity contribution is 7.88. The fourth-order valence-corrected chi connectivity index (χ4v) is 0.437. The van der Waals surface area contributed by atoms with E-state index in [2.05, 4.69) is 11.3 Å². The van der Waals surface area contributed by atoms with Crippen LogP contribution in [0.1, 0.15) is 6.92 Å². The van der Waals surface area contributed by atoms with Gasteiger partial charge in [-0.05, 0) is 6.92 Å². The van der Waals surface area contributed by atoms with Gasteiger partial charge in [-0.15, -0.1) is 0 Å². The zero-order valence-corrected chi connectivity index (χ0v) is 8.08. The minimum atomic E-state index is -3.90. The van der Waals surface area contributed by atoms with Crippen molar-refractivity contribution < 1.29 is 27.3 Å². The average molecular weight is 220 g/mol. The molecule has 1 rings (SSSR count). The van der Waals surface area contributed by atoms with Crippen molar-refractivity contribution in [2.75, 3.05) is 0 Å². The molecule has 0 aliphatic carbocycles. The van der Waals surface area contributed by atoms with Crippen LogP contribution in [0.3, 0.4) is 0 Å². The van der Waals surface area contributed by atoms with E-state index in [4.69, 9.17) is 4.55 Å². The highest BCUT2D eigenvalue weighted by Gasteiger charge is 2.18. The van der Waals surface area contributed by atoms with Gasteiger partial charge in [-0.3, -0.25) is 4.55 Å². The summed E-state index contributed by atoms with van der Waals surface area (Å²) in [6, 6.07) is 0. The molecule has 78 valence electrons. The normalized spacial score (nSPS) is 15.1. The standard InChI is InChI=1S/C5H4O3.C2H4O3S/c1-3-2-4(6)8-5(3)7;1-2-6(3,4)5/h2H,1H3;2H,1H2,(H,3,4,5). The Balaban J connectivity index is 0.000000255. The summed E-state index contributed by atoms with van der Waals surface area (Å²) in [6.07, 6.45) is 1.17. The molecular formula is C7H8O6S. The van der Waals surface area contributed by atoms with Crippen LogP contribution in [0.2, 0.25) is 0 Å². The third-order valence-electron chi connectivity index (χ3n) is 1.06. The summed E-state index contributed by atoms with van der Waals surface area (Å²) in [5.74, 6) is -1.09. The van der Waals surface area contributed by atoms with Gasteiger partial charge in [0.1, 0.15) is 0 Å². The predicted octanol–water partition coefficient (Wildman–Crippen LogP) is 0.0338. The van der Waals surface area contributed by atoms with E-state index in [0.29, 0.717) is 11.0 Å². The topological polar surface area (TPSA) is 97.7 Å². The molecule has 1 aliphatic rings. The van der Waals surface area contributed by atoms with Crippen molar-refractivity contribution in [1.29, 1.82) is 0 Å². The Labute approximate surface area is 80.6 Å². The minimum absolute atomic E-state index is 0.370. The summed E-state index contributed by atoms with van der Waals surface area (Å²) in [7, 11) is -3.90. The van der Waals surface area contributed by atoms with E-state index in [-0.39, 0.29) is 0 Å². The Hall–Kier alpha value is -1.47. The summed E-state index contributed by atoms with van der Waals surface area (Å²) in [6.45, 7) is 4.33. The Morgan fingerprint density at radius 3 is 2.00 bits per heavy atom. The summed E-state index contributed by atoms with van der Waals surface area (Å²) >= 11 is 0. The Morgan fingerprint density at radius 2 is 1.93 bits per heavy atom. The molecule has 0 aromatic carbocycles. The summed E-state index contributed by atoms with van der Waals surface area (Å²) in [4.78, 5) is 20.4. The number of ether oxygens (including phenoxy) is 1. The molecule has 0 saturated carbocycles. The fourth-order valence-electron chi connectivity index (χ4n) is 0.437. The maximum absolute atomic E-state index is 10.3. The van der Waals surface area contributed by atoms with Crippen LogP contribution in [0.5, 0.6) is 0 Å². The number of cyclic esters (lactones) is 2. The van der Waals surface area contributed by atoms with Crippen LogP contribution in [0, 0.1) is 0 Å². The van der Waals surface area contributed by atoms with Gasteiger partial charge >= 0.3 is 11.9 Å². The summed E-state index contributed by atoms with van der Waals surface area (Å²) in [5, 5.41) is 0.465. The molecule has 0 fully saturated rings. The molecule has 6 nitrogen and oxygen atoms in total. The molecule has 0 amide bonds. The van der Waals surface area contributed by atoms with Crippen molar-refractivity contribution in [3.05, 3.63) is 23.6 Å². The lowest BCUT2D eigenvalue weighted by Gasteiger charge is -1.83. The van der Waals surface area contributed by atoms with Crippen molar-refractivity contribution in [2.24, 2.45) is 0 Å². The second kappa shape index (κ2) is 4.68. The molecule has 0 aromatic rings. The first kappa shape index (κ1) is 12.5. The Bertz CT molecular complexity index is 377. The molecule has 0 aromatic heterocycles. The predicted molar refractivity (Wildman–Crippen MR) is 46.6 cm³/mol. The maximum Gasteiger partial charge on any atom is 0.341 e. The molecule has 0 unspecified atom stereocenters. The third-order valence-corrected chi connectivity index (χ3v) is 1.48. The maximum atomic E-state index is 10.3. The molecule has 7 heteroatoms. The largest absolute Gasteiger partial charge is 0.386 e. The quantitative estimate of drug-likeness (QED) is 0.380. The third kappa shape index (κ3) is 5.22. The van der Waals surface area contributed by atoms with Crippen molar-refractivity contribution >= 4 is 22.1 Å². The molecule has 1 heterocycles. The lowest BCUT2D eigenvalue weighted by Crippen LogP contribution is -1.99. The fraction of sp³-hybridized carbons (Fsp3) is 0.143. The van der Waals surface area contributed by atoms with Crippen LogP contribution < -0.4 is 0 Å². The van der Waals surface area contributed by atoms with Gasteiger partial charge in [0, 0.05) is 11.6 Å². The highest BCUT2D eigenvalue weighted by atomic mass is 32.2. The van der Waals surface area contributed by atoms with E-state index in [1.165, 1.54) is 13.0 Å². The minimum Gasteiger partial charge on any atom is -0.386 e. The van der Waals surface area contributed by atoms with Crippen LogP contribution >= 0.6 is 0 Å². The Kier molecular flexibility index (Phi) is 4.19. The van der Waals surface area contributed by atoms with Gasteiger partial charge in [0.05, 0.1) is 5.41 Å². The van der Waals surface area contributed by atoms with Gasteiger partial charge < -0.3 is 4.74 Å². The molecule has 0 bridgehead atoms. The smallest absolute Gasteiger partial charge is 0.341 e. The van der Waals surface area contributed by atoms with Crippen LogP contribution in [-0.4, -0.2) is 24.9 Å². The first-order valence-electron chi connectivity index (χ1n) is 3.30. The van der Waals surface area contributed by atoms with Crippen LogP contribution in [0.25, 0.3) is 0 Å². The second-order valence-corrected chi connectivity index (χ2v) is 3.58. The lowest BCUT2D eigenvalue weighted by molar-refractivity contribution is -0.150. The number of esters is 2. The van der Waals surface area contributed by atoms with Gasteiger partial charge in [0.15, 0.2) is 0 Å². The van der Waals surface area contributed by atoms with Gasteiger partial charge in [-0.25, -0.2) is 9.59 Å². The molecule has 0 saturated heterocycles. The molecular weight excluding hydrogens is 212 g/mol. The lowest BCUT2D eigenvalue weighted by atomic mass is 10.3. The van der Waals surface area contributed by atoms with E-state index in [1.807, 2.05) is 0 Å². The number of carbonyl (C=O) groups excluding carboxylic acids is 2. The van der Waals surface area contributed by atoms with Crippen molar-refractivity contribution in [3.8, 4) is 0 Å². The van der Waals surface area contributed by atoms with E-state index in [1.54, 1.807) is 0 Å². The number of rotatable bonds is 1. The van der Waals surface area contributed by atoms with Crippen LogP contribution in [0.15, 0.2) is 23.6 Å². The van der Waals surface area contributed by atoms with E-state index in [9.17, 15) is 18.0 Å². The summed E-state index contributed by atoms with van der Waals surface area (Å²) in [5.41, 5.74) is 0.370.